The second-order valence-corrected chi connectivity index (χ2v) is 8.57. The van der Waals surface area contributed by atoms with Crippen LogP contribution in [0, 0.1) is 5.41 Å². The summed E-state index contributed by atoms with van der Waals surface area (Å²) in [5, 5.41) is 15.4. The summed E-state index contributed by atoms with van der Waals surface area (Å²) in [6.45, 7) is 9.37. The molecule has 0 aromatic heterocycles. The first kappa shape index (κ1) is 21.0. The molecule has 0 aliphatic carbocycles. The number of carboxylic acid groups (broad SMARTS) is 1. The Bertz CT molecular complexity index is 737. The van der Waals surface area contributed by atoms with Crippen LogP contribution in [0.2, 0.25) is 0 Å². The molecular weight excluding hydrogens is 336 g/mol. The van der Waals surface area contributed by atoms with Gasteiger partial charge in [-0.25, -0.2) is 4.79 Å². The molecule has 2 aromatic rings. The van der Waals surface area contributed by atoms with Crippen molar-refractivity contribution in [2.75, 3.05) is 13.6 Å². The Labute approximate surface area is 163 Å². The van der Waals surface area contributed by atoms with Crippen LogP contribution >= 0.6 is 0 Å². The summed E-state index contributed by atoms with van der Waals surface area (Å²) >= 11 is 0. The highest BCUT2D eigenvalue weighted by atomic mass is 16.4. The van der Waals surface area contributed by atoms with Crippen LogP contribution in [-0.4, -0.2) is 30.8 Å². The molecule has 146 valence electrons. The third kappa shape index (κ3) is 5.57. The van der Waals surface area contributed by atoms with Gasteiger partial charge in [-0.15, -0.1) is 0 Å². The Balaban J connectivity index is 2.29. The third-order valence-electron chi connectivity index (χ3n) is 5.32. The summed E-state index contributed by atoms with van der Waals surface area (Å²) in [6, 6.07) is 18.5. The number of hydrogen-bond acceptors (Lipinski definition) is 2. The van der Waals surface area contributed by atoms with Gasteiger partial charge in [0.25, 0.3) is 0 Å². The van der Waals surface area contributed by atoms with Crippen LogP contribution < -0.4 is 10.6 Å². The predicted molar refractivity (Wildman–Crippen MR) is 112 cm³/mol. The van der Waals surface area contributed by atoms with Gasteiger partial charge in [0.1, 0.15) is 0 Å². The van der Waals surface area contributed by atoms with Gasteiger partial charge in [-0.05, 0) is 35.6 Å². The molecule has 1 atom stereocenters. The zero-order chi connectivity index (χ0) is 20.1. The average Bonchev–Trinajstić information content (AvgIpc) is 2.61. The molecule has 0 saturated carbocycles. The Hall–Kier alpha value is -2.33. The molecule has 4 heteroatoms. The van der Waals surface area contributed by atoms with Crippen molar-refractivity contribution < 1.29 is 9.90 Å². The fourth-order valence-electron chi connectivity index (χ4n) is 3.66. The van der Waals surface area contributed by atoms with Gasteiger partial charge < -0.3 is 15.7 Å². The molecule has 0 heterocycles. The molecular formula is C23H32N2O2. The standard InChI is InChI=1S/C23H32N2O2/c1-22(2,16-24-5)15-20(25-21(26)27)23(3,4)19-13-11-18(12-14-19)17-9-7-6-8-10-17/h6-14,20,24-25H,15-16H2,1-5H3,(H,26,27). The quantitative estimate of drug-likeness (QED) is 0.621. The topological polar surface area (TPSA) is 61.4 Å². The molecule has 0 radical (unpaired) electrons. The van der Waals surface area contributed by atoms with Crippen molar-refractivity contribution in [3.63, 3.8) is 0 Å². The normalized spacial score (nSPS) is 13.2. The van der Waals surface area contributed by atoms with E-state index >= 15 is 0 Å². The first-order chi connectivity index (χ1) is 12.7. The predicted octanol–water partition coefficient (Wildman–Crippen LogP) is 4.90. The molecule has 2 aromatic carbocycles. The van der Waals surface area contributed by atoms with Crippen molar-refractivity contribution in [1.82, 2.24) is 10.6 Å². The first-order valence-corrected chi connectivity index (χ1v) is 9.46. The molecule has 27 heavy (non-hydrogen) atoms. The Morgan fingerprint density at radius 3 is 2.04 bits per heavy atom. The van der Waals surface area contributed by atoms with Crippen molar-refractivity contribution >= 4 is 6.09 Å². The molecule has 0 aliphatic heterocycles. The average molecular weight is 369 g/mol. The van der Waals surface area contributed by atoms with Crippen molar-refractivity contribution in [2.24, 2.45) is 5.41 Å². The molecule has 1 unspecified atom stereocenters. The van der Waals surface area contributed by atoms with Gasteiger partial charge in [0.2, 0.25) is 0 Å². The minimum absolute atomic E-state index is 0.0247. The highest BCUT2D eigenvalue weighted by Gasteiger charge is 2.36. The first-order valence-electron chi connectivity index (χ1n) is 9.46. The molecule has 3 N–H and O–H groups in total. The number of amides is 1. The molecule has 0 spiro atoms. The minimum atomic E-state index is -0.978. The molecule has 0 saturated heterocycles. The van der Waals surface area contributed by atoms with E-state index in [1.54, 1.807) is 0 Å². The van der Waals surface area contributed by atoms with Crippen LogP contribution in [0.3, 0.4) is 0 Å². The number of hydrogen-bond donors (Lipinski definition) is 3. The van der Waals surface area contributed by atoms with Gasteiger partial charge in [-0.2, -0.15) is 0 Å². The number of rotatable bonds is 8. The maximum absolute atomic E-state index is 11.4. The van der Waals surface area contributed by atoms with E-state index in [-0.39, 0.29) is 16.9 Å². The number of benzene rings is 2. The molecule has 2 rings (SSSR count). The van der Waals surface area contributed by atoms with Crippen molar-refractivity contribution in [2.45, 2.75) is 45.6 Å². The van der Waals surface area contributed by atoms with Crippen LogP contribution in [-0.2, 0) is 5.41 Å². The third-order valence-corrected chi connectivity index (χ3v) is 5.32. The van der Waals surface area contributed by atoms with E-state index in [1.165, 1.54) is 5.56 Å². The highest BCUT2D eigenvalue weighted by Crippen LogP contribution is 2.35. The lowest BCUT2D eigenvalue weighted by Crippen LogP contribution is -2.50. The lowest BCUT2D eigenvalue weighted by Gasteiger charge is -2.39. The van der Waals surface area contributed by atoms with Crippen LogP contribution in [0.4, 0.5) is 4.79 Å². The zero-order valence-electron chi connectivity index (χ0n) is 17.0. The number of nitrogens with one attached hydrogen (secondary N) is 2. The van der Waals surface area contributed by atoms with Gasteiger partial charge in [-0.3, -0.25) is 0 Å². The molecule has 4 nitrogen and oxygen atoms in total. The van der Waals surface area contributed by atoms with Crippen LogP contribution in [0.1, 0.15) is 39.7 Å². The zero-order valence-corrected chi connectivity index (χ0v) is 17.0. The molecule has 0 bridgehead atoms. The summed E-state index contributed by atoms with van der Waals surface area (Å²) in [4.78, 5) is 11.4. The fourth-order valence-corrected chi connectivity index (χ4v) is 3.66. The van der Waals surface area contributed by atoms with E-state index < -0.39 is 6.09 Å². The second-order valence-electron chi connectivity index (χ2n) is 8.57. The maximum Gasteiger partial charge on any atom is 0.404 e. The highest BCUT2D eigenvalue weighted by molar-refractivity contribution is 5.66. The Morgan fingerprint density at radius 1 is 0.963 bits per heavy atom. The molecule has 0 fully saturated rings. The van der Waals surface area contributed by atoms with Gasteiger partial charge in [-0.1, -0.05) is 82.3 Å². The van der Waals surface area contributed by atoms with E-state index in [9.17, 15) is 9.90 Å². The lowest BCUT2D eigenvalue weighted by molar-refractivity contribution is 0.167. The summed E-state index contributed by atoms with van der Waals surface area (Å²) in [5.41, 5.74) is 3.11. The van der Waals surface area contributed by atoms with E-state index in [2.05, 4.69) is 74.7 Å². The van der Waals surface area contributed by atoms with E-state index in [1.807, 2.05) is 25.2 Å². The molecule has 1 amide bonds. The lowest BCUT2D eigenvalue weighted by atomic mass is 9.71. The van der Waals surface area contributed by atoms with Gasteiger partial charge in [0, 0.05) is 18.0 Å². The van der Waals surface area contributed by atoms with Gasteiger partial charge >= 0.3 is 6.09 Å². The van der Waals surface area contributed by atoms with E-state index in [0.717, 1.165) is 24.1 Å². The summed E-state index contributed by atoms with van der Waals surface area (Å²) < 4.78 is 0. The van der Waals surface area contributed by atoms with Gasteiger partial charge in [0.05, 0.1) is 0 Å². The Kier molecular flexibility index (Phi) is 6.66. The largest absolute Gasteiger partial charge is 0.465 e. The van der Waals surface area contributed by atoms with Crippen molar-refractivity contribution in [3.8, 4) is 11.1 Å². The van der Waals surface area contributed by atoms with Crippen molar-refractivity contribution in [1.29, 1.82) is 0 Å². The summed E-state index contributed by atoms with van der Waals surface area (Å²) in [6.07, 6.45) is -0.234. The smallest absolute Gasteiger partial charge is 0.404 e. The van der Waals surface area contributed by atoms with Crippen LogP contribution in [0.15, 0.2) is 54.6 Å². The molecule has 0 aliphatic rings. The van der Waals surface area contributed by atoms with E-state index in [4.69, 9.17) is 0 Å². The summed E-state index contributed by atoms with van der Waals surface area (Å²) in [7, 11) is 1.93. The SMILES string of the molecule is CNCC(C)(C)CC(NC(=O)O)C(C)(C)c1ccc(-c2ccccc2)cc1. The summed E-state index contributed by atoms with van der Waals surface area (Å²) in [5.74, 6) is 0. The Morgan fingerprint density at radius 2 is 1.52 bits per heavy atom. The second kappa shape index (κ2) is 8.57. The minimum Gasteiger partial charge on any atom is -0.465 e. The van der Waals surface area contributed by atoms with E-state index in [0.29, 0.717) is 0 Å². The van der Waals surface area contributed by atoms with Crippen LogP contribution in [0.5, 0.6) is 0 Å². The van der Waals surface area contributed by atoms with Gasteiger partial charge in [0.15, 0.2) is 0 Å². The maximum atomic E-state index is 11.4. The number of carbonyl (C=O) groups is 1. The van der Waals surface area contributed by atoms with Crippen molar-refractivity contribution in [3.05, 3.63) is 60.2 Å². The fraction of sp³-hybridized carbons (Fsp3) is 0.435. The monoisotopic (exact) mass is 368 g/mol. The van der Waals surface area contributed by atoms with Crippen LogP contribution in [0.25, 0.3) is 11.1 Å².